The normalized spacial score (nSPS) is 27.5. The first-order chi connectivity index (χ1) is 9.13. The third-order valence-electron chi connectivity index (χ3n) is 4.28. The number of hydrogen-bond acceptors (Lipinski definition) is 4. The molecule has 0 aliphatic carbocycles. The van der Waals surface area contributed by atoms with E-state index in [2.05, 4.69) is 17.1 Å². The number of piperidine rings is 1. The van der Waals surface area contributed by atoms with Crippen molar-refractivity contribution >= 4 is 10.0 Å². The second kappa shape index (κ2) is 7.02. The van der Waals surface area contributed by atoms with E-state index >= 15 is 0 Å². The fourth-order valence-corrected chi connectivity index (χ4v) is 4.88. The van der Waals surface area contributed by atoms with Gasteiger partial charge in [-0.2, -0.15) is 4.31 Å². The number of nitrogens with zero attached hydrogens (tertiary/aromatic N) is 2. The van der Waals surface area contributed by atoms with Gasteiger partial charge in [0.1, 0.15) is 0 Å². The van der Waals surface area contributed by atoms with Crippen LogP contribution in [0.25, 0.3) is 0 Å². The lowest BCUT2D eigenvalue weighted by molar-refractivity contribution is 0.235. The first-order valence-corrected chi connectivity index (χ1v) is 9.17. The molecule has 0 aromatic rings. The lowest BCUT2D eigenvalue weighted by Crippen LogP contribution is -2.48. The quantitative estimate of drug-likeness (QED) is 0.800. The standard InChI is InChI=1S/C13H27N3O2S/c1-2-13-5-3-4-8-16(13)19(17,18)12-11-15-9-6-14-7-10-15/h13-14H,2-12H2,1H3. The first kappa shape index (κ1) is 15.2. The smallest absolute Gasteiger partial charge is 0.215 e. The van der Waals surface area contributed by atoms with Crippen molar-refractivity contribution in [1.29, 1.82) is 0 Å². The molecule has 0 spiro atoms. The van der Waals surface area contributed by atoms with E-state index in [1.807, 2.05) is 0 Å². The molecule has 1 atom stereocenters. The summed E-state index contributed by atoms with van der Waals surface area (Å²) in [5, 5.41) is 3.29. The van der Waals surface area contributed by atoms with Crippen molar-refractivity contribution < 1.29 is 8.42 Å². The molecule has 6 heteroatoms. The van der Waals surface area contributed by atoms with E-state index in [-0.39, 0.29) is 11.8 Å². The van der Waals surface area contributed by atoms with Gasteiger partial charge in [0, 0.05) is 45.3 Å². The van der Waals surface area contributed by atoms with E-state index in [9.17, 15) is 8.42 Å². The fourth-order valence-electron chi connectivity index (χ4n) is 3.04. The largest absolute Gasteiger partial charge is 0.314 e. The van der Waals surface area contributed by atoms with Crippen molar-refractivity contribution in [2.45, 2.75) is 38.6 Å². The Morgan fingerprint density at radius 3 is 2.58 bits per heavy atom. The molecule has 0 amide bonds. The van der Waals surface area contributed by atoms with E-state index in [0.29, 0.717) is 6.54 Å². The van der Waals surface area contributed by atoms with Crippen molar-refractivity contribution in [3.05, 3.63) is 0 Å². The van der Waals surface area contributed by atoms with Gasteiger partial charge in [0.15, 0.2) is 0 Å². The van der Waals surface area contributed by atoms with E-state index < -0.39 is 10.0 Å². The molecule has 2 saturated heterocycles. The molecular formula is C13H27N3O2S. The molecule has 2 aliphatic rings. The summed E-state index contributed by atoms with van der Waals surface area (Å²) in [7, 11) is -3.07. The maximum Gasteiger partial charge on any atom is 0.215 e. The zero-order valence-electron chi connectivity index (χ0n) is 12.0. The summed E-state index contributed by atoms with van der Waals surface area (Å²) in [6.45, 7) is 7.37. The molecule has 2 aliphatic heterocycles. The minimum absolute atomic E-state index is 0.238. The lowest BCUT2D eigenvalue weighted by atomic mass is 10.0. The van der Waals surface area contributed by atoms with E-state index in [0.717, 1.165) is 52.0 Å². The average molecular weight is 289 g/mol. The van der Waals surface area contributed by atoms with Crippen molar-refractivity contribution in [3.8, 4) is 0 Å². The van der Waals surface area contributed by atoms with E-state index in [1.54, 1.807) is 4.31 Å². The van der Waals surface area contributed by atoms with Crippen LogP contribution in [0.2, 0.25) is 0 Å². The number of hydrogen-bond donors (Lipinski definition) is 1. The Morgan fingerprint density at radius 1 is 1.16 bits per heavy atom. The van der Waals surface area contributed by atoms with Crippen LogP contribution in [-0.4, -0.2) is 68.7 Å². The molecule has 2 fully saturated rings. The van der Waals surface area contributed by atoms with Gasteiger partial charge in [0.2, 0.25) is 10.0 Å². The molecule has 2 heterocycles. The van der Waals surface area contributed by atoms with Gasteiger partial charge in [-0.05, 0) is 19.3 Å². The molecule has 0 bridgehead atoms. The number of nitrogens with one attached hydrogen (secondary N) is 1. The molecule has 0 saturated carbocycles. The second-order valence-corrected chi connectivity index (χ2v) is 7.62. The van der Waals surface area contributed by atoms with Crippen molar-refractivity contribution in [2.75, 3.05) is 45.0 Å². The molecule has 1 N–H and O–H groups in total. The Bertz CT molecular complexity index is 366. The Labute approximate surface area is 117 Å². The van der Waals surface area contributed by atoms with E-state index in [4.69, 9.17) is 0 Å². The summed E-state index contributed by atoms with van der Waals surface area (Å²) in [4.78, 5) is 2.25. The lowest BCUT2D eigenvalue weighted by Gasteiger charge is -2.35. The Morgan fingerprint density at radius 2 is 1.89 bits per heavy atom. The highest BCUT2D eigenvalue weighted by molar-refractivity contribution is 7.89. The van der Waals surface area contributed by atoms with Crippen LogP contribution in [0.3, 0.4) is 0 Å². The summed E-state index contributed by atoms with van der Waals surface area (Å²) < 4.78 is 26.7. The molecule has 19 heavy (non-hydrogen) atoms. The average Bonchev–Trinajstić information content (AvgIpc) is 2.46. The number of sulfonamides is 1. The van der Waals surface area contributed by atoms with Crippen molar-refractivity contribution in [3.63, 3.8) is 0 Å². The van der Waals surface area contributed by atoms with Gasteiger partial charge in [-0.15, -0.1) is 0 Å². The third-order valence-corrected chi connectivity index (χ3v) is 6.17. The molecule has 0 radical (unpaired) electrons. The summed E-state index contributed by atoms with van der Waals surface area (Å²) >= 11 is 0. The van der Waals surface area contributed by atoms with Gasteiger partial charge in [-0.1, -0.05) is 13.3 Å². The number of piperazine rings is 1. The first-order valence-electron chi connectivity index (χ1n) is 7.56. The zero-order chi connectivity index (χ0) is 13.7. The van der Waals surface area contributed by atoms with Crippen LogP contribution in [0.4, 0.5) is 0 Å². The van der Waals surface area contributed by atoms with Gasteiger partial charge in [0.05, 0.1) is 5.75 Å². The van der Waals surface area contributed by atoms with Crippen LogP contribution in [-0.2, 0) is 10.0 Å². The summed E-state index contributed by atoms with van der Waals surface area (Å²) in [5.41, 5.74) is 0. The Kier molecular flexibility index (Phi) is 5.62. The van der Waals surface area contributed by atoms with E-state index in [1.165, 1.54) is 6.42 Å². The molecule has 112 valence electrons. The zero-order valence-corrected chi connectivity index (χ0v) is 12.8. The Hall–Kier alpha value is -0.170. The molecule has 1 unspecified atom stereocenters. The topological polar surface area (TPSA) is 52.7 Å². The summed E-state index contributed by atoms with van der Waals surface area (Å²) in [5.74, 6) is 0.281. The predicted molar refractivity (Wildman–Crippen MR) is 77.7 cm³/mol. The minimum atomic E-state index is -3.07. The molecule has 0 aromatic carbocycles. The Balaban J connectivity index is 1.89. The maximum atomic E-state index is 12.5. The van der Waals surface area contributed by atoms with Crippen LogP contribution < -0.4 is 5.32 Å². The molecule has 0 aromatic heterocycles. The summed E-state index contributed by atoms with van der Waals surface area (Å²) in [6, 6.07) is 0.238. The van der Waals surface area contributed by atoms with Gasteiger partial charge in [0.25, 0.3) is 0 Å². The summed E-state index contributed by atoms with van der Waals surface area (Å²) in [6.07, 6.45) is 4.15. The van der Waals surface area contributed by atoms with Crippen LogP contribution in [0.15, 0.2) is 0 Å². The van der Waals surface area contributed by atoms with Crippen LogP contribution in [0.5, 0.6) is 0 Å². The SMILES string of the molecule is CCC1CCCCN1S(=O)(=O)CCN1CCNCC1. The van der Waals surface area contributed by atoms with Crippen LogP contribution >= 0.6 is 0 Å². The van der Waals surface area contributed by atoms with Crippen molar-refractivity contribution in [1.82, 2.24) is 14.5 Å². The van der Waals surface area contributed by atoms with Gasteiger partial charge in [-0.25, -0.2) is 8.42 Å². The number of rotatable bonds is 5. The van der Waals surface area contributed by atoms with Crippen molar-refractivity contribution in [2.24, 2.45) is 0 Å². The van der Waals surface area contributed by atoms with Gasteiger partial charge in [-0.3, -0.25) is 4.90 Å². The highest BCUT2D eigenvalue weighted by Crippen LogP contribution is 2.22. The monoisotopic (exact) mass is 289 g/mol. The maximum absolute atomic E-state index is 12.5. The highest BCUT2D eigenvalue weighted by Gasteiger charge is 2.31. The minimum Gasteiger partial charge on any atom is -0.314 e. The van der Waals surface area contributed by atoms with Crippen LogP contribution in [0, 0.1) is 0 Å². The highest BCUT2D eigenvalue weighted by atomic mass is 32.2. The molecule has 2 rings (SSSR count). The molecular weight excluding hydrogens is 262 g/mol. The molecule has 5 nitrogen and oxygen atoms in total. The predicted octanol–water partition coefficient (Wildman–Crippen LogP) is 0.486. The second-order valence-electron chi connectivity index (χ2n) is 5.58. The fraction of sp³-hybridized carbons (Fsp3) is 1.00. The third kappa shape index (κ3) is 4.15. The van der Waals surface area contributed by atoms with Crippen LogP contribution in [0.1, 0.15) is 32.6 Å². The van der Waals surface area contributed by atoms with Gasteiger partial charge < -0.3 is 5.32 Å². The van der Waals surface area contributed by atoms with Gasteiger partial charge >= 0.3 is 0 Å².